The van der Waals surface area contributed by atoms with Crippen molar-refractivity contribution in [3.05, 3.63) is 29.6 Å². The lowest BCUT2D eigenvalue weighted by atomic mass is 10.2. The monoisotopic (exact) mass is 197 g/mol. The molecule has 0 saturated heterocycles. The van der Waals surface area contributed by atoms with Gasteiger partial charge in [-0.05, 0) is 18.6 Å². The first-order valence-electron chi connectivity index (χ1n) is 4.41. The predicted molar refractivity (Wildman–Crippen MR) is 50.7 cm³/mol. The molecule has 14 heavy (non-hydrogen) atoms. The van der Waals surface area contributed by atoms with E-state index in [2.05, 4.69) is 5.32 Å². The van der Waals surface area contributed by atoms with Gasteiger partial charge in [-0.25, -0.2) is 4.39 Å². The molecule has 0 unspecified atom stereocenters. The number of rotatable bonds is 3. The molecule has 0 fully saturated rings. The van der Waals surface area contributed by atoms with Crippen LogP contribution in [0.25, 0.3) is 0 Å². The van der Waals surface area contributed by atoms with Crippen molar-refractivity contribution in [3.8, 4) is 5.75 Å². The van der Waals surface area contributed by atoms with E-state index >= 15 is 0 Å². The van der Waals surface area contributed by atoms with E-state index in [1.165, 1.54) is 6.07 Å². The molecule has 0 saturated carbocycles. The number of hydrogen-bond donors (Lipinski definition) is 2. The Morgan fingerprint density at radius 1 is 1.50 bits per heavy atom. The summed E-state index contributed by atoms with van der Waals surface area (Å²) >= 11 is 0. The van der Waals surface area contributed by atoms with Crippen LogP contribution in [-0.2, 0) is 0 Å². The van der Waals surface area contributed by atoms with Crippen LogP contribution in [0.5, 0.6) is 5.75 Å². The summed E-state index contributed by atoms with van der Waals surface area (Å²) in [7, 11) is 0. The van der Waals surface area contributed by atoms with Gasteiger partial charge in [0.15, 0.2) is 0 Å². The van der Waals surface area contributed by atoms with E-state index in [0.29, 0.717) is 6.54 Å². The molecule has 0 atom stereocenters. The second kappa shape index (κ2) is 4.60. The topological polar surface area (TPSA) is 49.3 Å². The van der Waals surface area contributed by atoms with Crippen molar-refractivity contribution in [2.45, 2.75) is 13.3 Å². The summed E-state index contributed by atoms with van der Waals surface area (Å²) in [6.45, 7) is 2.46. The zero-order valence-corrected chi connectivity index (χ0v) is 7.88. The number of halogens is 1. The molecule has 2 N–H and O–H groups in total. The largest absolute Gasteiger partial charge is 0.508 e. The van der Waals surface area contributed by atoms with Gasteiger partial charge < -0.3 is 10.4 Å². The Bertz CT molecular complexity index is 319. The molecule has 0 radical (unpaired) electrons. The van der Waals surface area contributed by atoms with E-state index < -0.39 is 5.82 Å². The standard InChI is InChI=1S/C10H12FNO2/c1-2-3-12-10(14)7-4-8(11)6-9(13)5-7/h4-6,13H,2-3H2,1H3,(H,12,14). The molecular weight excluding hydrogens is 185 g/mol. The van der Waals surface area contributed by atoms with Crippen molar-refractivity contribution in [1.82, 2.24) is 5.32 Å². The van der Waals surface area contributed by atoms with Gasteiger partial charge in [0.05, 0.1) is 0 Å². The maximum absolute atomic E-state index is 12.8. The number of nitrogens with one attached hydrogen (secondary N) is 1. The Morgan fingerprint density at radius 2 is 2.21 bits per heavy atom. The lowest BCUT2D eigenvalue weighted by molar-refractivity contribution is 0.0953. The molecule has 0 bridgehead atoms. The molecule has 0 aliphatic heterocycles. The normalized spacial score (nSPS) is 9.86. The van der Waals surface area contributed by atoms with Crippen LogP contribution in [0, 0.1) is 5.82 Å². The van der Waals surface area contributed by atoms with Crippen molar-refractivity contribution in [2.75, 3.05) is 6.54 Å². The van der Waals surface area contributed by atoms with Gasteiger partial charge in [0.1, 0.15) is 11.6 Å². The molecule has 1 amide bonds. The first-order chi connectivity index (χ1) is 6.63. The highest BCUT2D eigenvalue weighted by molar-refractivity contribution is 5.94. The molecular formula is C10H12FNO2. The Morgan fingerprint density at radius 3 is 2.79 bits per heavy atom. The summed E-state index contributed by atoms with van der Waals surface area (Å²) in [5, 5.41) is 11.6. The summed E-state index contributed by atoms with van der Waals surface area (Å²) in [6.07, 6.45) is 0.813. The van der Waals surface area contributed by atoms with Crippen LogP contribution in [-0.4, -0.2) is 17.6 Å². The molecule has 4 heteroatoms. The number of aromatic hydroxyl groups is 1. The lowest BCUT2D eigenvalue weighted by Crippen LogP contribution is -2.23. The van der Waals surface area contributed by atoms with Crippen LogP contribution < -0.4 is 5.32 Å². The van der Waals surface area contributed by atoms with E-state index in [9.17, 15) is 9.18 Å². The third kappa shape index (κ3) is 2.73. The second-order valence-corrected chi connectivity index (χ2v) is 2.95. The molecule has 0 aliphatic rings. The predicted octanol–water partition coefficient (Wildman–Crippen LogP) is 1.67. The molecule has 3 nitrogen and oxygen atoms in total. The van der Waals surface area contributed by atoms with E-state index in [-0.39, 0.29) is 17.2 Å². The molecule has 76 valence electrons. The number of carbonyl (C=O) groups is 1. The summed E-state index contributed by atoms with van der Waals surface area (Å²) in [6, 6.07) is 3.27. The molecule has 0 heterocycles. The fourth-order valence-corrected chi connectivity index (χ4v) is 1.05. The number of amides is 1. The van der Waals surface area contributed by atoms with Gasteiger partial charge >= 0.3 is 0 Å². The van der Waals surface area contributed by atoms with Gasteiger partial charge in [0, 0.05) is 18.2 Å². The van der Waals surface area contributed by atoms with Crippen LogP contribution in [0.3, 0.4) is 0 Å². The van der Waals surface area contributed by atoms with E-state index in [4.69, 9.17) is 5.11 Å². The average Bonchev–Trinajstić information content (AvgIpc) is 2.12. The second-order valence-electron chi connectivity index (χ2n) is 2.95. The number of hydrogen-bond acceptors (Lipinski definition) is 2. The highest BCUT2D eigenvalue weighted by atomic mass is 19.1. The van der Waals surface area contributed by atoms with E-state index in [1.54, 1.807) is 0 Å². The molecule has 1 aromatic carbocycles. The Balaban J connectivity index is 2.79. The van der Waals surface area contributed by atoms with Gasteiger partial charge in [-0.1, -0.05) is 6.92 Å². The highest BCUT2D eigenvalue weighted by Crippen LogP contribution is 2.14. The summed E-state index contributed by atoms with van der Waals surface area (Å²) in [5.41, 5.74) is 0.135. The number of benzene rings is 1. The first-order valence-corrected chi connectivity index (χ1v) is 4.41. The Labute approximate surface area is 81.6 Å². The first kappa shape index (κ1) is 10.5. The molecule has 0 aromatic heterocycles. The van der Waals surface area contributed by atoms with Gasteiger partial charge in [-0.15, -0.1) is 0 Å². The number of phenols is 1. The van der Waals surface area contributed by atoms with Crippen LogP contribution in [0.15, 0.2) is 18.2 Å². The maximum atomic E-state index is 12.8. The third-order valence-corrected chi connectivity index (χ3v) is 1.68. The minimum absolute atomic E-state index is 0.135. The van der Waals surface area contributed by atoms with Crippen molar-refractivity contribution in [3.63, 3.8) is 0 Å². The summed E-state index contributed by atoms with van der Waals surface area (Å²) in [4.78, 5) is 11.3. The maximum Gasteiger partial charge on any atom is 0.251 e. The molecule has 1 aromatic rings. The summed E-state index contributed by atoms with van der Waals surface area (Å²) in [5.74, 6) is -1.24. The van der Waals surface area contributed by atoms with Gasteiger partial charge in [-0.3, -0.25) is 4.79 Å². The van der Waals surface area contributed by atoms with Crippen molar-refractivity contribution in [2.24, 2.45) is 0 Å². The quantitative estimate of drug-likeness (QED) is 0.774. The minimum atomic E-state index is -0.619. The van der Waals surface area contributed by atoms with Crippen molar-refractivity contribution in [1.29, 1.82) is 0 Å². The van der Waals surface area contributed by atoms with Gasteiger partial charge in [-0.2, -0.15) is 0 Å². The Kier molecular flexibility index (Phi) is 3.45. The summed E-state index contributed by atoms with van der Waals surface area (Å²) < 4.78 is 12.8. The van der Waals surface area contributed by atoms with E-state index in [0.717, 1.165) is 18.6 Å². The molecule has 1 rings (SSSR count). The van der Waals surface area contributed by atoms with Crippen LogP contribution >= 0.6 is 0 Å². The van der Waals surface area contributed by atoms with Gasteiger partial charge in [0.2, 0.25) is 0 Å². The smallest absolute Gasteiger partial charge is 0.251 e. The van der Waals surface area contributed by atoms with Crippen molar-refractivity contribution >= 4 is 5.91 Å². The zero-order chi connectivity index (χ0) is 10.6. The minimum Gasteiger partial charge on any atom is -0.508 e. The molecule has 0 spiro atoms. The van der Waals surface area contributed by atoms with Gasteiger partial charge in [0.25, 0.3) is 5.91 Å². The number of phenolic OH excluding ortho intramolecular Hbond substituents is 1. The van der Waals surface area contributed by atoms with Crippen molar-refractivity contribution < 1.29 is 14.3 Å². The molecule has 0 aliphatic carbocycles. The van der Waals surface area contributed by atoms with Crippen LogP contribution in [0.4, 0.5) is 4.39 Å². The lowest BCUT2D eigenvalue weighted by Gasteiger charge is -2.03. The third-order valence-electron chi connectivity index (χ3n) is 1.68. The SMILES string of the molecule is CCCNC(=O)c1cc(O)cc(F)c1. The zero-order valence-electron chi connectivity index (χ0n) is 7.88. The Hall–Kier alpha value is -1.58. The van der Waals surface area contributed by atoms with Crippen LogP contribution in [0.1, 0.15) is 23.7 Å². The average molecular weight is 197 g/mol. The van der Waals surface area contributed by atoms with Crippen LogP contribution in [0.2, 0.25) is 0 Å². The highest BCUT2D eigenvalue weighted by Gasteiger charge is 2.07. The number of carbonyl (C=O) groups excluding carboxylic acids is 1. The fourth-order valence-electron chi connectivity index (χ4n) is 1.05. The van der Waals surface area contributed by atoms with E-state index in [1.807, 2.05) is 6.92 Å². The fraction of sp³-hybridized carbons (Fsp3) is 0.300.